The van der Waals surface area contributed by atoms with Crippen molar-refractivity contribution in [2.75, 3.05) is 31.1 Å². The van der Waals surface area contributed by atoms with Crippen LogP contribution in [0.25, 0.3) is 0 Å². The van der Waals surface area contributed by atoms with Gasteiger partial charge in [-0.1, -0.05) is 42.5 Å². The molecular formula is C23H23FN4O2. The number of ether oxygens (including phenoxy) is 1. The summed E-state index contributed by atoms with van der Waals surface area (Å²) in [4.78, 5) is 24.9. The van der Waals surface area contributed by atoms with Crippen LogP contribution in [0, 0.1) is 5.82 Å². The van der Waals surface area contributed by atoms with E-state index in [1.807, 2.05) is 35.2 Å². The van der Waals surface area contributed by atoms with Crippen LogP contribution in [0.15, 0.2) is 67.0 Å². The van der Waals surface area contributed by atoms with E-state index in [0.29, 0.717) is 38.4 Å². The molecule has 0 saturated carbocycles. The standard InChI is InChI=1S/C23H23FN4O2/c24-19-8-4-5-9-20(19)30-22-16-21(25-17-26-22)27-12-14-28(15-13-27)23(29)11-10-18-6-2-1-3-7-18/h1-9,16-17H,10-15H2. The van der Waals surface area contributed by atoms with E-state index >= 15 is 0 Å². The van der Waals surface area contributed by atoms with Crippen molar-refractivity contribution in [3.8, 4) is 11.6 Å². The highest BCUT2D eigenvalue weighted by Gasteiger charge is 2.22. The summed E-state index contributed by atoms with van der Waals surface area (Å²) in [6, 6.07) is 17.9. The van der Waals surface area contributed by atoms with Gasteiger partial charge in [-0.3, -0.25) is 4.79 Å². The highest BCUT2D eigenvalue weighted by atomic mass is 19.1. The van der Waals surface area contributed by atoms with Gasteiger partial charge in [0.1, 0.15) is 12.1 Å². The third-order valence-corrected chi connectivity index (χ3v) is 5.11. The fourth-order valence-corrected chi connectivity index (χ4v) is 3.44. The van der Waals surface area contributed by atoms with Crippen LogP contribution in [0.5, 0.6) is 11.6 Å². The van der Waals surface area contributed by atoms with Gasteiger partial charge in [-0.05, 0) is 24.1 Å². The molecule has 1 fully saturated rings. The molecular weight excluding hydrogens is 383 g/mol. The van der Waals surface area contributed by atoms with Crippen LogP contribution in [0.4, 0.5) is 10.2 Å². The number of rotatable bonds is 6. The second-order valence-corrected chi connectivity index (χ2v) is 7.10. The Bertz CT molecular complexity index is 991. The summed E-state index contributed by atoms with van der Waals surface area (Å²) >= 11 is 0. The van der Waals surface area contributed by atoms with Crippen LogP contribution in [0.3, 0.4) is 0 Å². The average Bonchev–Trinajstić information content (AvgIpc) is 2.80. The maximum Gasteiger partial charge on any atom is 0.224 e. The van der Waals surface area contributed by atoms with Gasteiger partial charge in [0, 0.05) is 38.7 Å². The van der Waals surface area contributed by atoms with E-state index in [1.165, 1.54) is 18.0 Å². The van der Waals surface area contributed by atoms with Gasteiger partial charge >= 0.3 is 0 Å². The summed E-state index contributed by atoms with van der Waals surface area (Å²) in [5.41, 5.74) is 1.17. The number of amides is 1. The Hall–Kier alpha value is -3.48. The molecule has 0 radical (unpaired) electrons. The molecule has 0 atom stereocenters. The highest BCUT2D eigenvalue weighted by molar-refractivity contribution is 5.76. The lowest BCUT2D eigenvalue weighted by Crippen LogP contribution is -2.49. The molecule has 1 saturated heterocycles. The van der Waals surface area contributed by atoms with Crippen LogP contribution >= 0.6 is 0 Å². The minimum Gasteiger partial charge on any atom is -0.436 e. The van der Waals surface area contributed by atoms with E-state index in [2.05, 4.69) is 14.9 Å². The molecule has 2 heterocycles. The molecule has 0 bridgehead atoms. The van der Waals surface area contributed by atoms with Gasteiger partial charge in [-0.25, -0.2) is 14.4 Å². The van der Waals surface area contributed by atoms with Crippen LogP contribution in [0.2, 0.25) is 0 Å². The SMILES string of the molecule is O=C(CCc1ccccc1)N1CCN(c2cc(Oc3ccccc3F)ncn2)CC1. The molecule has 1 aliphatic heterocycles. The smallest absolute Gasteiger partial charge is 0.224 e. The number of aryl methyl sites for hydroxylation is 1. The fourth-order valence-electron chi connectivity index (χ4n) is 3.44. The largest absolute Gasteiger partial charge is 0.436 e. The first-order chi connectivity index (χ1) is 14.7. The lowest BCUT2D eigenvalue weighted by molar-refractivity contribution is -0.131. The van der Waals surface area contributed by atoms with Crippen LogP contribution < -0.4 is 9.64 Å². The number of piperazine rings is 1. The Balaban J connectivity index is 1.31. The van der Waals surface area contributed by atoms with E-state index in [-0.39, 0.29) is 17.5 Å². The minimum atomic E-state index is -0.444. The summed E-state index contributed by atoms with van der Waals surface area (Å²) < 4.78 is 19.4. The molecule has 7 heteroatoms. The van der Waals surface area contributed by atoms with Crippen molar-refractivity contribution in [3.05, 3.63) is 78.4 Å². The van der Waals surface area contributed by atoms with Crippen molar-refractivity contribution in [1.29, 1.82) is 0 Å². The summed E-state index contributed by atoms with van der Waals surface area (Å²) in [7, 11) is 0. The lowest BCUT2D eigenvalue weighted by Gasteiger charge is -2.35. The number of hydrogen-bond donors (Lipinski definition) is 0. The Morgan fingerprint density at radius 2 is 1.70 bits per heavy atom. The van der Waals surface area contributed by atoms with Crippen LogP contribution in [-0.2, 0) is 11.2 Å². The molecule has 3 aromatic rings. The number of hydrogen-bond acceptors (Lipinski definition) is 5. The molecule has 30 heavy (non-hydrogen) atoms. The number of benzene rings is 2. The maximum atomic E-state index is 13.8. The second-order valence-electron chi connectivity index (χ2n) is 7.10. The normalized spacial score (nSPS) is 13.9. The van der Waals surface area contributed by atoms with Crippen molar-refractivity contribution < 1.29 is 13.9 Å². The van der Waals surface area contributed by atoms with Gasteiger partial charge in [-0.2, -0.15) is 0 Å². The Labute approximate surface area is 174 Å². The number of anilines is 1. The van der Waals surface area contributed by atoms with Crippen molar-refractivity contribution >= 4 is 11.7 Å². The zero-order valence-corrected chi connectivity index (χ0v) is 16.6. The molecule has 0 aliphatic carbocycles. The third kappa shape index (κ3) is 4.92. The molecule has 1 amide bonds. The van der Waals surface area contributed by atoms with Gasteiger partial charge in [0.05, 0.1) is 0 Å². The van der Waals surface area contributed by atoms with Gasteiger partial charge in [0.2, 0.25) is 11.8 Å². The summed E-state index contributed by atoms with van der Waals surface area (Å²) in [6.45, 7) is 2.63. The first-order valence-corrected chi connectivity index (χ1v) is 10.00. The molecule has 0 unspecified atom stereocenters. The van der Waals surface area contributed by atoms with E-state index in [1.54, 1.807) is 24.3 Å². The van der Waals surface area contributed by atoms with Crippen LogP contribution in [-0.4, -0.2) is 47.0 Å². The Morgan fingerprint density at radius 1 is 0.967 bits per heavy atom. The van der Waals surface area contributed by atoms with Crippen molar-refractivity contribution in [3.63, 3.8) is 0 Å². The topological polar surface area (TPSA) is 58.6 Å². The molecule has 1 aliphatic rings. The van der Waals surface area contributed by atoms with Crippen LogP contribution in [0.1, 0.15) is 12.0 Å². The molecule has 1 aromatic heterocycles. The molecule has 154 valence electrons. The molecule has 0 N–H and O–H groups in total. The number of halogens is 1. The average molecular weight is 406 g/mol. The number of para-hydroxylation sites is 1. The zero-order valence-electron chi connectivity index (χ0n) is 16.6. The van der Waals surface area contributed by atoms with Crippen molar-refractivity contribution in [2.45, 2.75) is 12.8 Å². The number of nitrogens with zero attached hydrogens (tertiary/aromatic N) is 4. The third-order valence-electron chi connectivity index (χ3n) is 5.11. The van der Waals surface area contributed by atoms with E-state index in [9.17, 15) is 9.18 Å². The summed E-state index contributed by atoms with van der Waals surface area (Å²) in [5, 5.41) is 0. The molecule has 6 nitrogen and oxygen atoms in total. The zero-order chi connectivity index (χ0) is 20.8. The van der Waals surface area contributed by atoms with Gasteiger partial charge in [0.25, 0.3) is 0 Å². The van der Waals surface area contributed by atoms with E-state index < -0.39 is 5.82 Å². The Morgan fingerprint density at radius 3 is 2.47 bits per heavy atom. The lowest BCUT2D eigenvalue weighted by atomic mass is 10.1. The van der Waals surface area contributed by atoms with E-state index in [4.69, 9.17) is 4.74 Å². The Kier molecular flexibility index (Phi) is 6.17. The quantitative estimate of drug-likeness (QED) is 0.625. The van der Waals surface area contributed by atoms with E-state index in [0.717, 1.165) is 6.42 Å². The van der Waals surface area contributed by atoms with Gasteiger partial charge in [0.15, 0.2) is 11.6 Å². The summed E-state index contributed by atoms with van der Waals surface area (Å²) in [5.74, 6) is 0.834. The minimum absolute atomic E-state index is 0.121. The molecule has 0 spiro atoms. The number of carbonyl (C=O) groups excluding carboxylic acids is 1. The number of carbonyl (C=O) groups is 1. The first-order valence-electron chi connectivity index (χ1n) is 10.00. The monoisotopic (exact) mass is 406 g/mol. The number of aromatic nitrogens is 2. The maximum absolute atomic E-state index is 13.8. The fraction of sp³-hybridized carbons (Fsp3) is 0.261. The predicted molar refractivity (Wildman–Crippen MR) is 112 cm³/mol. The highest BCUT2D eigenvalue weighted by Crippen LogP contribution is 2.25. The molecule has 4 rings (SSSR count). The van der Waals surface area contributed by atoms with Crippen molar-refractivity contribution in [2.24, 2.45) is 0 Å². The summed E-state index contributed by atoms with van der Waals surface area (Å²) in [6.07, 6.45) is 2.67. The van der Waals surface area contributed by atoms with Gasteiger partial charge in [-0.15, -0.1) is 0 Å². The van der Waals surface area contributed by atoms with Crippen molar-refractivity contribution in [1.82, 2.24) is 14.9 Å². The second kappa shape index (κ2) is 9.35. The van der Waals surface area contributed by atoms with Gasteiger partial charge < -0.3 is 14.5 Å². The first kappa shape index (κ1) is 19.8. The predicted octanol–water partition coefficient (Wildman–Crippen LogP) is 3.69. The molecule has 2 aromatic carbocycles.